The van der Waals surface area contributed by atoms with Crippen LogP contribution in [0, 0.1) is 19.4 Å². The molecule has 236 valence electrons. The van der Waals surface area contributed by atoms with E-state index in [-0.39, 0.29) is 49.2 Å². The topological polar surface area (TPSA) is 74.8 Å². The highest BCUT2D eigenvalue weighted by Crippen LogP contribution is 3.02. The number of aryl methyl sites for hydroxylation is 1. The van der Waals surface area contributed by atoms with Crippen molar-refractivity contribution in [3.05, 3.63) is 53.9 Å². The van der Waals surface area contributed by atoms with Gasteiger partial charge in [0.2, 0.25) is 11.8 Å². The van der Waals surface area contributed by atoms with E-state index >= 15 is 0 Å². The number of hydrogen-bond donors (Lipinski definition) is 1. The Labute approximate surface area is 244 Å². The fourth-order valence-corrected chi connectivity index (χ4v) is 6.05. The first-order valence-electron chi connectivity index (χ1n) is 13.3. The highest BCUT2D eigenvalue weighted by molar-refractivity contribution is 8.45. The molecule has 43 heavy (non-hydrogen) atoms. The molecular weight excluding hydrogens is 605 g/mol. The molecule has 2 aliphatic rings. The molecule has 3 atom stereocenters. The first-order chi connectivity index (χ1) is 19.8. The van der Waals surface area contributed by atoms with Crippen molar-refractivity contribution >= 4 is 27.7 Å². The lowest BCUT2D eigenvalue weighted by atomic mass is 9.91. The van der Waals surface area contributed by atoms with Crippen molar-refractivity contribution < 1.29 is 42.5 Å². The van der Waals surface area contributed by atoms with Gasteiger partial charge in [0.05, 0.1) is 12.6 Å². The van der Waals surface area contributed by atoms with Crippen LogP contribution in [0.2, 0.25) is 0 Å². The molecule has 2 amide bonds. The number of aromatic nitrogens is 1. The van der Waals surface area contributed by atoms with Crippen LogP contribution in [0.3, 0.4) is 0 Å². The zero-order valence-corrected chi connectivity index (χ0v) is 24.1. The summed E-state index contributed by atoms with van der Waals surface area (Å²) in [5, 5.41) is 2.70. The number of terminal acetylenes is 1. The van der Waals surface area contributed by atoms with Gasteiger partial charge < -0.3 is 15.0 Å². The lowest BCUT2D eigenvalue weighted by molar-refractivity contribution is -0.129. The lowest BCUT2D eigenvalue weighted by Gasteiger charge is -2.41. The molecule has 7 nitrogen and oxygen atoms in total. The van der Waals surface area contributed by atoms with Crippen molar-refractivity contribution in [1.29, 1.82) is 0 Å². The van der Waals surface area contributed by atoms with Crippen molar-refractivity contribution in [2.45, 2.75) is 74.1 Å². The van der Waals surface area contributed by atoms with Crippen LogP contribution < -0.4 is 10.2 Å². The van der Waals surface area contributed by atoms with Crippen LogP contribution in [0.4, 0.5) is 33.9 Å². The van der Waals surface area contributed by atoms with Gasteiger partial charge in [0.25, 0.3) is 5.91 Å². The van der Waals surface area contributed by atoms with Gasteiger partial charge in [-0.1, -0.05) is 25.9 Å². The minimum Gasteiger partial charge on any atom is -0.379 e. The third kappa shape index (κ3) is 7.35. The Morgan fingerprint density at radius 2 is 1.77 bits per heavy atom. The predicted molar refractivity (Wildman–Crippen MR) is 147 cm³/mol. The summed E-state index contributed by atoms with van der Waals surface area (Å²) in [5.74, 6) is -4.51. The Morgan fingerprint density at radius 3 is 2.30 bits per heavy atom. The van der Waals surface area contributed by atoms with Gasteiger partial charge in [-0.3, -0.25) is 19.5 Å². The van der Waals surface area contributed by atoms with E-state index in [0.717, 1.165) is 4.90 Å². The van der Waals surface area contributed by atoms with Crippen molar-refractivity contribution in [3.8, 4) is 12.5 Å². The number of likely N-dealkylation sites (tertiary alicyclic amines) is 1. The third-order valence-electron chi connectivity index (χ3n) is 7.79. The van der Waals surface area contributed by atoms with Crippen molar-refractivity contribution in [3.63, 3.8) is 0 Å². The average Bonchev–Trinajstić information content (AvgIpc) is 3.36. The molecule has 1 saturated heterocycles. The molecular formula is C28H31F7N4O3S. The summed E-state index contributed by atoms with van der Waals surface area (Å²) in [6.07, 6.45) is 6.89. The number of alkyl halides is 2. The van der Waals surface area contributed by atoms with Crippen LogP contribution in [0.5, 0.6) is 0 Å². The molecule has 1 unspecified atom stereocenters. The smallest absolute Gasteiger partial charge is 0.310 e. The summed E-state index contributed by atoms with van der Waals surface area (Å²) >= 11 is 0. The summed E-state index contributed by atoms with van der Waals surface area (Å²) in [4.78, 5) is 32.3. The van der Waals surface area contributed by atoms with E-state index in [9.17, 15) is 37.8 Å². The number of benzene rings is 1. The number of amides is 2. The first kappa shape index (κ1) is 32.4. The third-order valence-corrected chi connectivity index (χ3v) is 8.95. The molecule has 1 saturated carbocycles. The van der Waals surface area contributed by atoms with Crippen LogP contribution in [0.15, 0.2) is 47.6 Å². The molecule has 2 aromatic rings. The Kier molecular flexibility index (Phi) is 8.20. The number of rotatable bonds is 8. The molecule has 2 heterocycles. The van der Waals surface area contributed by atoms with Gasteiger partial charge >= 0.3 is 10.2 Å². The zero-order chi connectivity index (χ0) is 31.9. The van der Waals surface area contributed by atoms with Gasteiger partial charge in [0.15, 0.2) is 0 Å². The van der Waals surface area contributed by atoms with Gasteiger partial charge in [0, 0.05) is 62.1 Å². The Morgan fingerprint density at radius 1 is 1.14 bits per heavy atom. The van der Waals surface area contributed by atoms with E-state index < -0.39 is 69.9 Å². The second kappa shape index (κ2) is 10.9. The zero-order valence-electron chi connectivity index (χ0n) is 23.3. The molecule has 1 aliphatic heterocycles. The summed E-state index contributed by atoms with van der Waals surface area (Å²) in [6, 6.07) is 2.24. The van der Waals surface area contributed by atoms with E-state index in [4.69, 9.17) is 11.2 Å². The van der Waals surface area contributed by atoms with Crippen LogP contribution in [-0.2, 0) is 14.3 Å². The number of hydrogen-bond acceptors (Lipinski definition) is 5. The van der Waals surface area contributed by atoms with Crippen molar-refractivity contribution in [1.82, 2.24) is 15.2 Å². The Balaban J connectivity index is 1.83. The van der Waals surface area contributed by atoms with E-state index in [1.54, 1.807) is 13.0 Å². The van der Waals surface area contributed by atoms with Crippen molar-refractivity contribution in [2.75, 3.05) is 18.6 Å². The maximum Gasteiger partial charge on any atom is 0.310 e. The lowest BCUT2D eigenvalue weighted by Crippen LogP contribution is -2.52. The minimum atomic E-state index is -10.1. The monoisotopic (exact) mass is 636 g/mol. The van der Waals surface area contributed by atoms with Gasteiger partial charge in [-0.05, 0) is 55.7 Å². The highest BCUT2D eigenvalue weighted by atomic mass is 32.5. The molecule has 1 aliphatic carbocycles. The molecule has 1 aromatic carbocycles. The summed E-state index contributed by atoms with van der Waals surface area (Å²) in [5.41, 5.74) is 0.355. The fraction of sp³-hybridized carbons (Fsp3) is 0.464. The van der Waals surface area contributed by atoms with E-state index in [1.165, 1.54) is 24.4 Å². The number of halogens is 7. The number of pyridine rings is 1. The quantitative estimate of drug-likeness (QED) is 0.265. The Bertz CT molecular complexity index is 1410. The van der Waals surface area contributed by atoms with Gasteiger partial charge in [0.1, 0.15) is 17.0 Å². The van der Waals surface area contributed by atoms with Crippen LogP contribution in [-0.4, -0.2) is 59.5 Å². The second-order valence-electron chi connectivity index (χ2n) is 10.8. The number of nitrogens with one attached hydrogen (secondary N) is 1. The highest BCUT2D eigenvalue weighted by Gasteiger charge is 2.65. The van der Waals surface area contributed by atoms with Crippen LogP contribution >= 0.6 is 10.2 Å². The van der Waals surface area contributed by atoms with Crippen LogP contribution in [0.25, 0.3) is 0 Å². The molecule has 0 bridgehead atoms. The number of ether oxygens (including phenoxy) is 1. The normalized spacial score (nSPS) is 23.0. The van der Waals surface area contributed by atoms with Gasteiger partial charge in [-0.2, -0.15) is 0 Å². The number of carbonyl (C=O) groups is 2. The maximum atomic E-state index is 14.3. The predicted octanol–water partition coefficient (Wildman–Crippen LogP) is 6.50. The molecule has 2 fully saturated rings. The maximum absolute atomic E-state index is 14.3. The molecule has 1 aromatic heterocycles. The summed E-state index contributed by atoms with van der Waals surface area (Å²) in [7, 11) is -8.66. The number of methoxy groups -OCH3 is 1. The first-order valence-corrected chi connectivity index (χ1v) is 15.3. The minimum absolute atomic E-state index is 0.0486. The van der Waals surface area contributed by atoms with Gasteiger partial charge in [-0.15, -0.1) is 0 Å². The molecule has 0 spiro atoms. The van der Waals surface area contributed by atoms with E-state index in [0.29, 0.717) is 17.7 Å². The number of nitrogens with zero attached hydrogens (tertiary/aromatic N) is 3. The van der Waals surface area contributed by atoms with Crippen LogP contribution in [0.1, 0.15) is 49.3 Å². The molecule has 0 radical (unpaired) electrons. The SMILES string of the molecule is C#CN1C[C@H](OC)C[C@@H]1C(=O)N(c1ccc(S(F)(F)(F)(F)F)cc1)C(C(=O)NC1CCC(F)(F)CC1)c1cnccc1C. The largest absolute Gasteiger partial charge is 0.379 e. The molecule has 15 heteroatoms. The second-order valence-corrected chi connectivity index (χ2v) is 13.2. The molecule has 4 rings (SSSR count). The number of anilines is 1. The van der Waals surface area contributed by atoms with E-state index in [2.05, 4.69) is 16.3 Å². The standard InChI is InChI=1S/C28H31F7N4O3S/c1-4-38-17-21(42-3)15-24(38)27(41)39(20-5-7-22(8-6-20)43(31,32,33,34)35)25(23-16-36-14-11-18(23)2)26(40)37-19-9-12-28(29,30)13-10-19/h1,5-8,11,14,16,19,21,24-25H,9-10,12-13,15,17H2,2-3H3,(H,37,40)/t21-,24-,25?/m1/s1. The van der Waals surface area contributed by atoms with Gasteiger partial charge in [-0.25, -0.2) is 8.78 Å². The average molecular weight is 637 g/mol. The number of carbonyl (C=O) groups excluding carboxylic acids is 2. The Hall–Kier alpha value is -3.51. The van der Waals surface area contributed by atoms with Crippen molar-refractivity contribution in [2.24, 2.45) is 0 Å². The molecule has 1 N–H and O–H groups in total. The summed E-state index contributed by atoms with van der Waals surface area (Å²) < 4.78 is 101. The fourth-order valence-electron chi connectivity index (χ4n) is 5.40. The summed E-state index contributed by atoms with van der Waals surface area (Å²) in [6.45, 7) is 1.75. The van der Waals surface area contributed by atoms with E-state index in [1.807, 2.05) is 0 Å².